The Balaban J connectivity index is 1.06. The zero-order chi connectivity index (χ0) is 70.6. The van der Waals surface area contributed by atoms with Gasteiger partial charge in [-0.25, -0.2) is 4.79 Å². The number of aliphatic imine (C=N–C) groups is 1. The highest BCUT2D eigenvalue weighted by molar-refractivity contribution is 5.95. The van der Waals surface area contributed by atoms with Crippen molar-refractivity contribution in [1.29, 1.82) is 0 Å². The molecule has 1 saturated heterocycles. The number of guanidine groups is 1. The van der Waals surface area contributed by atoms with Crippen LogP contribution < -0.4 is 53.0 Å². The Hall–Kier alpha value is -10.1. The van der Waals surface area contributed by atoms with E-state index in [1.54, 1.807) is 75.1 Å². The third-order valence-corrected chi connectivity index (χ3v) is 16.1. The van der Waals surface area contributed by atoms with Crippen molar-refractivity contribution < 1.29 is 73.1 Å². The standard InChI is InChI=1S/C69H92N14O15/c1-2-59(86)72-29-30-75-69(97)79-68(70)74-27-11-18-56(65(94)76-43-48-20-23-54(85)24-21-48)78-67(96)64(51-13-4-3-5-14-51)53-16-10-17-55(42-53)98-39-9-8-26-73-66(95)57(41-49-19-22-50-12-6-7-15-52(50)40-49)77-60(87)25-28-71-58(47-84)83-37-35-81(45-62(90)91)33-31-80(44-61(88)89)32-34-82(36-38-83)46-63(92)93/h3-7,10,12-17,19-24,40,42,47,56-58,64,71,85H,2,8-9,11,18,25-39,41,43-46H2,1H3,(H,72,86)(H,73,95)(H,76,94)(H,77,87)(H,78,96)(H,88,89)(H,90,91)(H,92,93)(H4,70,74,75,79,97)/t56-,57-,58?,64?/m1/s1. The zero-order valence-electron chi connectivity index (χ0n) is 55.2. The summed E-state index contributed by atoms with van der Waals surface area (Å²) in [7, 11) is 0. The van der Waals surface area contributed by atoms with Crippen LogP contribution in [0.3, 0.4) is 0 Å². The van der Waals surface area contributed by atoms with Crippen molar-refractivity contribution in [3.63, 3.8) is 0 Å². The van der Waals surface area contributed by atoms with E-state index in [9.17, 15) is 68.4 Å². The molecule has 29 heteroatoms. The quantitative estimate of drug-likeness (QED) is 0.0116. The number of aldehydes is 1. The van der Waals surface area contributed by atoms with Crippen LogP contribution in [0.5, 0.6) is 11.5 Å². The Labute approximate surface area is 569 Å². The maximum atomic E-state index is 14.6. The summed E-state index contributed by atoms with van der Waals surface area (Å²) in [6, 6.07) is 33.3. The van der Waals surface area contributed by atoms with Gasteiger partial charge >= 0.3 is 23.9 Å². The molecule has 0 spiro atoms. The minimum absolute atomic E-state index is 0.00721. The van der Waals surface area contributed by atoms with Crippen molar-refractivity contribution >= 4 is 76.5 Å². The number of benzene rings is 5. The van der Waals surface area contributed by atoms with E-state index in [-0.39, 0.29) is 161 Å². The second-order valence-corrected chi connectivity index (χ2v) is 23.5. The topological polar surface area (TPSA) is 408 Å². The number of rotatable bonds is 37. The molecule has 4 atom stereocenters. The highest BCUT2D eigenvalue weighted by Crippen LogP contribution is 2.29. The number of carboxylic acids is 3. The third kappa shape index (κ3) is 28.3. The number of phenols is 1. The van der Waals surface area contributed by atoms with Crippen molar-refractivity contribution in [2.45, 2.75) is 82.6 Å². The van der Waals surface area contributed by atoms with Crippen LogP contribution in [0.25, 0.3) is 10.8 Å². The fraction of sp³-hybridized carbons (Fsp3) is 0.435. The number of urea groups is 1. The van der Waals surface area contributed by atoms with Crippen molar-refractivity contribution in [3.8, 4) is 11.5 Å². The van der Waals surface area contributed by atoms with Gasteiger partial charge in [0.15, 0.2) is 12.2 Å². The van der Waals surface area contributed by atoms with E-state index in [0.717, 1.165) is 16.3 Å². The molecule has 2 unspecified atom stereocenters. The summed E-state index contributed by atoms with van der Waals surface area (Å²) in [5.41, 5.74) is 8.70. The van der Waals surface area contributed by atoms with Gasteiger partial charge in [0.05, 0.1) is 32.2 Å². The van der Waals surface area contributed by atoms with Crippen LogP contribution in [-0.2, 0) is 56.1 Å². The number of ether oxygens (including phenoxy) is 1. The Bertz CT molecular complexity index is 3420. The number of nitrogens with zero attached hydrogens (tertiary/aromatic N) is 5. The molecule has 5 aromatic rings. The molecule has 0 radical (unpaired) electrons. The number of aliphatic carboxylic acids is 3. The summed E-state index contributed by atoms with van der Waals surface area (Å²) in [5, 5.41) is 63.1. The summed E-state index contributed by atoms with van der Waals surface area (Å²) < 4.78 is 6.22. The monoisotopic (exact) mass is 1360 g/mol. The number of unbranched alkanes of at least 4 members (excludes halogenated alkanes) is 1. The number of carbonyl (C=O) groups is 10. The summed E-state index contributed by atoms with van der Waals surface area (Å²) in [4.78, 5) is 139. The number of nitrogens with one attached hydrogen (secondary N) is 8. The number of carboxylic acid groups (broad SMARTS) is 3. The molecule has 14 N–H and O–H groups in total. The maximum absolute atomic E-state index is 14.6. The minimum Gasteiger partial charge on any atom is -0.508 e. The Kier molecular flexibility index (Phi) is 32.8. The first-order chi connectivity index (χ1) is 47.2. The lowest BCUT2D eigenvalue weighted by molar-refractivity contribution is -0.140. The Morgan fingerprint density at radius 2 is 1.18 bits per heavy atom. The first-order valence-corrected chi connectivity index (χ1v) is 32.8. The molecule has 98 heavy (non-hydrogen) atoms. The zero-order valence-corrected chi connectivity index (χ0v) is 55.2. The van der Waals surface area contributed by atoms with E-state index >= 15 is 0 Å². The average Bonchev–Trinajstić information content (AvgIpc) is 0.834. The molecule has 528 valence electrons. The van der Waals surface area contributed by atoms with Crippen LogP contribution in [0, 0.1) is 0 Å². The van der Waals surface area contributed by atoms with Gasteiger partial charge in [-0.1, -0.05) is 104 Å². The van der Waals surface area contributed by atoms with E-state index in [1.165, 1.54) is 12.1 Å². The minimum atomic E-state index is -1.09. The fourth-order valence-corrected chi connectivity index (χ4v) is 10.9. The van der Waals surface area contributed by atoms with Crippen LogP contribution in [-0.4, -0.2) is 235 Å². The van der Waals surface area contributed by atoms with Gasteiger partial charge in [0.25, 0.3) is 0 Å². The predicted octanol–water partition coefficient (Wildman–Crippen LogP) is 1.38. The second kappa shape index (κ2) is 41.8. The Morgan fingerprint density at radius 1 is 0.582 bits per heavy atom. The van der Waals surface area contributed by atoms with Crippen LogP contribution >= 0.6 is 0 Å². The molecule has 0 aliphatic carbocycles. The molecule has 0 aromatic heterocycles. The number of amides is 7. The van der Waals surface area contributed by atoms with Crippen molar-refractivity contribution in [2.75, 3.05) is 111 Å². The highest BCUT2D eigenvalue weighted by Gasteiger charge is 2.30. The lowest BCUT2D eigenvalue weighted by atomic mass is 9.90. The number of nitrogens with two attached hydrogens (primary N) is 1. The van der Waals surface area contributed by atoms with Gasteiger partial charge < -0.3 is 67.6 Å². The van der Waals surface area contributed by atoms with Crippen molar-refractivity contribution in [1.82, 2.24) is 62.1 Å². The van der Waals surface area contributed by atoms with E-state index in [1.807, 2.05) is 60.7 Å². The third-order valence-electron chi connectivity index (χ3n) is 16.1. The summed E-state index contributed by atoms with van der Waals surface area (Å²) in [5.74, 6) is -5.81. The molecule has 0 saturated carbocycles. The van der Waals surface area contributed by atoms with Gasteiger partial charge in [0.1, 0.15) is 29.7 Å². The van der Waals surface area contributed by atoms with E-state index in [2.05, 4.69) is 47.5 Å². The molecule has 1 fully saturated rings. The van der Waals surface area contributed by atoms with Gasteiger partial charge in [0.2, 0.25) is 29.5 Å². The second-order valence-electron chi connectivity index (χ2n) is 23.5. The van der Waals surface area contributed by atoms with Gasteiger partial charge in [-0.3, -0.25) is 73.6 Å². The molecule has 6 rings (SSSR count). The largest absolute Gasteiger partial charge is 0.508 e. The molecule has 1 aliphatic heterocycles. The molecule has 5 aromatic carbocycles. The number of phenolic OH excluding ortho intramolecular Hbond substituents is 1. The summed E-state index contributed by atoms with van der Waals surface area (Å²) in [6.45, 7) is 3.25. The van der Waals surface area contributed by atoms with Crippen LogP contribution in [0.15, 0.2) is 126 Å². The van der Waals surface area contributed by atoms with Crippen LogP contribution in [0.4, 0.5) is 4.79 Å². The van der Waals surface area contributed by atoms with Crippen molar-refractivity contribution in [2.24, 2.45) is 10.7 Å². The summed E-state index contributed by atoms with van der Waals surface area (Å²) in [6.07, 6.45) is 1.38. The number of hydrogen-bond acceptors (Lipinski definition) is 18. The summed E-state index contributed by atoms with van der Waals surface area (Å²) >= 11 is 0. The van der Waals surface area contributed by atoms with Crippen LogP contribution in [0.1, 0.15) is 73.6 Å². The van der Waals surface area contributed by atoms with E-state index < -0.39 is 71.7 Å². The number of fused-ring (bicyclic) bond motifs is 1. The molecular weight excluding hydrogens is 1260 g/mol. The van der Waals surface area contributed by atoms with Gasteiger partial charge in [0, 0.05) is 111 Å². The van der Waals surface area contributed by atoms with E-state index in [4.69, 9.17) is 10.5 Å². The number of aromatic hydroxyl groups is 1. The van der Waals surface area contributed by atoms with E-state index in [0.29, 0.717) is 48.0 Å². The first kappa shape index (κ1) is 76.9. The smallest absolute Gasteiger partial charge is 0.321 e. The first-order valence-electron chi connectivity index (χ1n) is 32.8. The molecule has 7 amide bonds. The number of hydrogen-bond donors (Lipinski definition) is 13. The molecule has 1 aliphatic rings. The predicted molar refractivity (Wildman–Crippen MR) is 366 cm³/mol. The van der Waals surface area contributed by atoms with Gasteiger partial charge in [-0.05, 0) is 83.0 Å². The molecular formula is C69H92N14O15. The Morgan fingerprint density at radius 3 is 1.83 bits per heavy atom. The fourth-order valence-electron chi connectivity index (χ4n) is 10.9. The molecule has 29 nitrogen and oxygen atoms in total. The lowest BCUT2D eigenvalue weighted by Gasteiger charge is -2.35. The maximum Gasteiger partial charge on any atom is 0.321 e. The number of carbonyl (C=O) groups excluding carboxylic acids is 7. The van der Waals surface area contributed by atoms with Crippen molar-refractivity contribution in [3.05, 3.63) is 144 Å². The lowest BCUT2D eigenvalue weighted by Crippen LogP contribution is -2.54. The average molecular weight is 1360 g/mol. The molecule has 1 heterocycles. The van der Waals surface area contributed by atoms with Gasteiger partial charge in [-0.15, -0.1) is 0 Å². The highest BCUT2D eigenvalue weighted by atomic mass is 16.5. The molecule has 0 bridgehead atoms. The van der Waals surface area contributed by atoms with Crippen LogP contribution in [0.2, 0.25) is 0 Å². The van der Waals surface area contributed by atoms with Gasteiger partial charge in [-0.2, -0.15) is 0 Å². The SMILES string of the molecule is CCC(=O)NCCNC(=O)NC(N)=NCCC[C@@H](NC(=O)C(c1ccccc1)c1cccc(OCCCCNC(=O)[C@@H](Cc2ccc3ccccc3c2)NC(=O)CCNC(C=O)N2CCN(CC(=O)O)CCN(CC(=O)O)CCN(CC(=O)O)CC2)c1)C(=O)NCc1ccc(O)cc1. The normalized spacial score (nSPS) is 14.9.